The van der Waals surface area contributed by atoms with E-state index in [0.29, 0.717) is 11.7 Å². The highest BCUT2D eigenvalue weighted by atomic mass is 32.2. The Morgan fingerprint density at radius 3 is 2.95 bits per heavy atom. The van der Waals surface area contributed by atoms with Crippen LogP contribution in [-0.4, -0.2) is 24.7 Å². The van der Waals surface area contributed by atoms with E-state index in [1.165, 1.54) is 4.70 Å². The first-order chi connectivity index (χ1) is 10.2. The SMILES string of the molecule is Cc1noc([C@@H](C)Sc2nnc3sc4ccccc4n23)n1. The van der Waals surface area contributed by atoms with Crippen LogP contribution in [0.5, 0.6) is 0 Å². The lowest BCUT2D eigenvalue weighted by Gasteiger charge is -2.03. The van der Waals surface area contributed by atoms with Gasteiger partial charge in [0.05, 0.1) is 15.5 Å². The molecule has 0 amide bonds. The van der Waals surface area contributed by atoms with Crippen molar-refractivity contribution in [2.75, 3.05) is 0 Å². The van der Waals surface area contributed by atoms with Gasteiger partial charge in [-0.1, -0.05) is 40.4 Å². The van der Waals surface area contributed by atoms with Gasteiger partial charge in [-0.3, -0.25) is 4.40 Å². The van der Waals surface area contributed by atoms with E-state index in [0.717, 1.165) is 15.6 Å². The molecule has 0 spiro atoms. The molecule has 0 saturated heterocycles. The van der Waals surface area contributed by atoms with Gasteiger partial charge < -0.3 is 4.52 Å². The Hall–Kier alpha value is -1.93. The fourth-order valence-electron chi connectivity index (χ4n) is 2.12. The molecule has 3 heterocycles. The van der Waals surface area contributed by atoms with E-state index >= 15 is 0 Å². The maximum atomic E-state index is 5.22. The zero-order chi connectivity index (χ0) is 14.4. The summed E-state index contributed by atoms with van der Waals surface area (Å²) in [4.78, 5) is 5.16. The Kier molecular flexibility index (Phi) is 2.93. The predicted octanol–water partition coefficient (Wildman–Crippen LogP) is 3.49. The minimum Gasteiger partial charge on any atom is -0.338 e. The number of aromatic nitrogens is 5. The van der Waals surface area contributed by atoms with Crippen molar-refractivity contribution in [3.63, 3.8) is 0 Å². The topological polar surface area (TPSA) is 69.1 Å². The molecule has 4 aromatic rings. The quantitative estimate of drug-likeness (QED) is 0.539. The molecule has 0 N–H and O–H groups in total. The molecular weight excluding hydrogens is 306 g/mol. The first-order valence-electron chi connectivity index (χ1n) is 6.42. The molecule has 4 rings (SSSR count). The van der Waals surface area contributed by atoms with Crippen LogP contribution in [0, 0.1) is 6.92 Å². The Labute approximate surface area is 128 Å². The van der Waals surface area contributed by atoms with E-state index in [1.807, 2.05) is 26.0 Å². The summed E-state index contributed by atoms with van der Waals surface area (Å²) in [7, 11) is 0. The molecule has 1 aromatic carbocycles. The molecule has 0 fully saturated rings. The van der Waals surface area contributed by atoms with Gasteiger partial charge in [-0.2, -0.15) is 4.98 Å². The third-order valence-electron chi connectivity index (χ3n) is 3.08. The van der Waals surface area contributed by atoms with Crippen LogP contribution in [0.1, 0.15) is 23.9 Å². The number of thioether (sulfide) groups is 1. The molecule has 3 aromatic heterocycles. The van der Waals surface area contributed by atoms with E-state index in [1.54, 1.807) is 23.1 Å². The van der Waals surface area contributed by atoms with Crippen LogP contribution in [-0.2, 0) is 0 Å². The third-order valence-corrected chi connectivity index (χ3v) is 5.13. The Morgan fingerprint density at radius 2 is 2.14 bits per heavy atom. The number of para-hydroxylation sites is 1. The number of fused-ring (bicyclic) bond motifs is 3. The summed E-state index contributed by atoms with van der Waals surface area (Å²) in [6.45, 7) is 3.83. The Balaban J connectivity index is 1.76. The lowest BCUT2D eigenvalue weighted by Crippen LogP contribution is -1.92. The minimum absolute atomic E-state index is 0.0252. The van der Waals surface area contributed by atoms with Gasteiger partial charge in [0.1, 0.15) is 0 Å². The zero-order valence-electron chi connectivity index (χ0n) is 11.3. The van der Waals surface area contributed by atoms with Crippen LogP contribution in [0.15, 0.2) is 33.9 Å². The molecule has 0 aliphatic rings. The largest absolute Gasteiger partial charge is 0.338 e. The van der Waals surface area contributed by atoms with Gasteiger partial charge in [0, 0.05) is 0 Å². The van der Waals surface area contributed by atoms with E-state index in [9.17, 15) is 0 Å². The third kappa shape index (κ3) is 2.11. The van der Waals surface area contributed by atoms with Crippen LogP contribution in [0.4, 0.5) is 0 Å². The normalized spacial score (nSPS) is 13.2. The molecule has 0 unspecified atom stereocenters. The molecule has 6 nitrogen and oxygen atoms in total. The summed E-state index contributed by atoms with van der Waals surface area (Å²) in [5.74, 6) is 1.25. The number of thiazole rings is 1. The Morgan fingerprint density at radius 1 is 1.29 bits per heavy atom. The standard InChI is InChI=1S/C13H11N5OS2/c1-7(11-14-8(2)17-19-11)20-12-15-16-13-18(12)9-5-3-4-6-10(9)21-13/h3-7H,1-2H3/t7-/m1/s1. The lowest BCUT2D eigenvalue weighted by atomic mass is 10.3. The van der Waals surface area contributed by atoms with E-state index in [-0.39, 0.29) is 5.25 Å². The van der Waals surface area contributed by atoms with E-state index in [2.05, 4.69) is 36.9 Å². The van der Waals surface area contributed by atoms with E-state index in [4.69, 9.17) is 4.52 Å². The second-order valence-corrected chi connectivity index (χ2v) is 6.93. The number of hydrogen-bond acceptors (Lipinski definition) is 7. The fraction of sp³-hybridized carbons (Fsp3) is 0.231. The second-order valence-electron chi connectivity index (χ2n) is 4.61. The van der Waals surface area contributed by atoms with Crippen molar-refractivity contribution in [2.45, 2.75) is 24.3 Å². The predicted molar refractivity (Wildman–Crippen MR) is 81.7 cm³/mol. The van der Waals surface area contributed by atoms with Crippen LogP contribution in [0.2, 0.25) is 0 Å². The first kappa shape index (κ1) is 12.8. The molecule has 106 valence electrons. The van der Waals surface area contributed by atoms with Gasteiger partial charge in [-0.05, 0) is 26.0 Å². The van der Waals surface area contributed by atoms with Gasteiger partial charge in [0.25, 0.3) is 0 Å². The maximum Gasteiger partial charge on any atom is 0.239 e. The monoisotopic (exact) mass is 317 g/mol. The average Bonchev–Trinajstić information content (AvgIpc) is 3.15. The van der Waals surface area contributed by atoms with Crippen molar-refractivity contribution < 1.29 is 4.52 Å². The average molecular weight is 317 g/mol. The van der Waals surface area contributed by atoms with Gasteiger partial charge in [0.2, 0.25) is 10.9 Å². The second kappa shape index (κ2) is 4.81. The number of benzene rings is 1. The number of aryl methyl sites for hydroxylation is 1. The first-order valence-corrected chi connectivity index (χ1v) is 8.11. The van der Waals surface area contributed by atoms with Gasteiger partial charge in [-0.25, -0.2) is 0 Å². The van der Waals surface area contributed by atoms with Gasteiger partial charge in [0.15, 0.2) is 11.0 Å². The zero-order valence-corrected chi connectivity index (χ0v) is 13.0. The number of hydrogen-bond donors (Lipinski definition) is 0. The molecular formula is C13H11N5OS2. The summed E-state index contributed by atoms with van der Waals surface area (Å²) in [6, 6.07) is 8.22. The molecule has 0 aliphatic carbocycles. The molecule has 8 heteroatoms. The van der Waals surface area contributed by atoms with Crippen LogP contribution < -0.4 is 0 Å². The highest BCUT2D eigenvalue weighted by Crippen LogP contribution is 2.36. The maximum absolute atomic E-state index is 5.22. The van der Waals surface area contributed by atoms with Gasteiger partial charge in [-0.15, -0.1) is 10.2 Å². The number of rotatable bonds is 3. The summed E-state index contributed by atoms with van der Waals surface area (Å²) in [5.41, 5.74) is 1.12. The molecule has 0 aliphatic heterocycles. The minimum atomic E-state index is 0.0252. The lowest BCUT2D eigenvalue weighted by molar-refractivity contribution is 0.376. The molecule has 0 bridgehead atoms. The van der Waals surface area contributed by atoms with Crippen LogP contribution in [0.3, 0.4) is 0 Å². The smallest absolute Gasteiger partial charge is 0.239 e. The fourth-order valence-corrected chi connectivity index (χ4v) is 4.03. The van der Waals surface area contributed by atoms with Crippen molar-refractivity contribution in [3.05, 3.63) is 36.0 Å². The van der Waals surface area contributed by atoms with Crippen molar-refractivity contribution in [2.24, 2.45) is 0 Å². The van der Waals surface area contributed by atoms with Gasteiger partial charge >= 0.3 is 0 Å². The number of nitrogens with zero attached hydrogens (tertiary/aromatic N) is 5. The summed E-state index contributed by atoms with van der Waals surface area (Å²) in [5, 5.41) is 13.2. The summed E-state index contributed by atoms with van der Waals surface area (Å²) < 4.78 is 8.49. The molecule has 0 saturated carbocycles. The van der Waals surface area contributed by atoms with E-state index < -0.39 is 0 Å². The molecule has 21 heavy (non-hydrogen) atoms. The molecule has 1 atom stereocenters. The molecule has 0 radical (unpaired) electrons. The Bertz CT molecular complexity index is 925. The van der Waals surface area contributed by atoms with Crippen molar-refractivity contribution in [3.8, 4) is 0 Å². The van der Waals surface area contributed by atoms with Crippen molar-refractivity contribution in [1.82, 2.24) is 24.7 Å². The van der Waals surface area contributed by atoms with Crippen LogP contribution >= 0.6 is 23.1 Å². The summed E-state index contributed by atoms with van der Waals surface area (Å²) in [6.07, 6.45) is 0. The summed E-state index contributed by atoms with van der Waals surface area (Å²) >= 11 is 3.20. The van der Waals surface area contributed by atoms with Crippen molar-refractivity contribution in [1.29, 1.82) is 0 Å². The highest BCUT2D eigenvalue weighted by Gasteiger charge is 2.19. The highest BCUT2D eigenvalue weighted by molar-refractivity contribution is 7.99. The van der Waals surface area contributed by atoms with Crippen LogP contribution in [0.25, 0.3) is 15.2 Å². The van der Waals surface area contributed by atoms with Crippen molar-refractivity contribution >= 4 is 38.3 Å².